The summed E-state index contributed by atoms with van der Waals surface area (Å²) >= 11 is 17.9. The molecule has 19 heavy (non-hydrogen) atoms. The number of rotatable bonds is 5. The van der Waals surface area contributed by atoms with Crippen LogP contribution in [0, 0.1) is 0 Å². The van der Waals surface area contributed by atoms with Gasteiger partial charge in [-0.15, -0.1) is 0 Å². The van der Waals surface area contributed by atoms with Crippen molar-refractivity contribution < 1.29 is 0 Å². The van der Waals surface area contributed by atoms with Gasteiger partial charge < -0.3 is 10.6 Å². The van der Waals surface area contributed by atoms with E-state index in [0.29, 0.717) is 10.0 Å². The Balaban J connectivity index is 1.82. The third-order valence-electron chi connectivity index (χ3n) is 2.55. The average Bonchev–Trinajstić information content (AvgIpc) is 2.39. The summed E-state index contributed by atoms with van der Waals surface area (Å²) in [5, 5.41) is 8.31. The Hall–Kier alpha value is -1.09. The Bertz CT molecular complexity index is 558. The minimum absolute atomic E-state index is 0.548. The fourth-order valence-corrected chi connectivity index (χ4v) is 2.20. The van der Waals surface area contributed by atoms with Gasteiger partial charge in [0, 0.05) is 23.8 Å². The lowest BCUT2D eigenvalue weighted by atomic mass is 10.3. The summed E-state index contributed by atoms with van der Waals surface area (Å²) in [4.78, 5) is 0. The molecule has 2 nitrogen and oxygen atoms in total. The molecule has 0 spiro atoms. The van der Waals surface area contributed by atoms with Crippen molar-refractivity contribution in [2.24, 2.45) is 0 Å². The van der Waals surface area contributed by atoms with Gasteiger partial charge in [-0.05, 0) is 30.3 Å². The Morgan fingerprint density at radius 1 is 0.842 bits per heavy atom. The number of hydrogen-bond donors (Lipinski definition) is 2. The van der Waals surface area contributed by atoms with Crippen LogP contribution in [-0.2, 0) is 0 Å². The van der Waals surface area contributed by atoms with Gasteiger partial charge in [-0.1, -0.05) is 46.9 Å². The van der Waals surface area contributed by atoms with Crippen molar-refractivity contribution in [2.75, 3.05) is 23.7 Å². The summed E-state index contributed by atoms with van der Waals surface area (Å²) in [5.74, 6) is 0. The van der Waals surface area contributed by atoms with Crippen LogP contribution in [0.4, 0.5) is 11.4 Å². The predicted molar refractivity (Wildman–Crippen MR) is 84.9 cm³/mol. The number of hydrogen-bond acceptors (Lipinski definition) is 2. The number of nitrogens with one attached hydrogen (secondary N) is 2. The van der Waals surface area contributed by atoms with E-state index in [4.69, 9.17) is 34.8 Å². The Kier molecular flexibility index (Phi) is 5.20. The third kappa shape index (κ3) is 4.20. The van der Waals surface area contributed by atoms with Gasteiger partial charge in [0.15, 0.2) is 0 Å². The normalized spacial score (nSPS) is 10.3. The van der Waals surface area contributed by atoms with Gasteiger partial charge in [-0.2, -0.15) is 0 Å². The van der Waals surface area contributed by atoms with Crippen LogP contribution in [-0.4, -0.2) is 13.1 Å². The molecule has 2 aromatic rings. The third-order valence-corrected chi connectivity index (χ3v) is 3.60. The zero-order valence-corrected chi connectivity index (χ0v) is 12.4. The monoisotopic (exact) mass is 314 g/mol. The summed E-state index contributed by atoms with van der Waals surface area (Å²) in [6.07, 6.45) is 0. The molecule has 0 saturated carbocycles. The van der Waals surface area contributed by atoms with E-state index in [1.807, 2.05) is 36.4 Å². The summed E-state index contributed by atoms with van der Waals surface area (Å²) in [5.41, 5.74) is 1.83. The molecule has 100 valence electrons. The number of anilines is 2. The second kappa shape index (κ2) is 6.90. The largest absolute Gasteiger partial charge is 0.383 e. The molecule has 0 aromatic heterocycles. The first-order valence-electron chi connectivity index (χ1n) is 5.84. The fourth-order valence-electron chi connectivity index (χ4n) is 1.64. The Morgan fingerprint density at radius 2 is 1.58 bits per heavy atom. The molecule has 0 saturated heterocycles. The molecule has 5 heteroatoms. The molecule has 0 aliphatic rings. The van der Waals surface area contributed by atoms with E-state index >= 15 is 0 Å². The first-order chi connectivity index (χ1) is 9.16. The maximum absolute atomic E-state index is 6.08. The summed E-state index contributed by atoms with van der Waals surface area (Å²) < 4.78 is 0. The average molecular weight is 316 g/mol. The molecule has 0 amide bonds. The van der Waals surface area contributed by atoms with Gasteiger partial charge in [0.1, 0.15) is 0 Å². The molecule has 2 rings (SSSR count). The lowest BCUT2D eigenvalue weighted by molar-refractivity contribution is 1.08. The zero-order valence-electron chi connectivity index (χ0n) is 10.1. The van der Waals surface area contributed by atoms with Crippen LogP contribution in [0.2, 0.25) is 15.1 Å². The maximum atomic E-state index is 6.08. The highest BCUT2D eigenvalue weighted by atomic mass is 35.5. The summed E-state index contributed by atoms with van der Waals surface area (Å²) in [7, 11) is 0. The molecule has 2 N–H and O–H groups in total. The number of halogens is 3. The topological polar surface area (TPSA) is 24.1 Å². The van der Waals surface area contributed by atoms with Gasteiger partial charge in [-0.3, -0.25) is 0 Å². The second-order valence-corrected chi connectivity index (χ2v) is 5.19. The summed E-state index contributed by atoms with van der Waals surface area (Å²) in [6.45, 7) is 1.48. The van der Waals surface area contributed by atoms with E-state index in [1.54, 1.807) is 6.07 Å². The van der Waals surface area contributed by atoms with E-state index in [-0.39, 0.29) is 0 Å². The minimum atomic E-state index is 0.548. The fraction of sp³-hybridized carbons (Fsp3) is 0.143. The van der Waals surface area contributed by atoms with Crippen LogP contribution in [0.3, 0.4) is 0 Å². The van der Waals surface area contributed by atoms with Crippen LogP contribution >= 0.6 is 34.8 Å². The second-order valence-electron chi connectivity index (χ2n) is 3.97. The molecule has 0 bridgehead atoms. The maximum Gasteiger partial charge on any atom is 0.0823 e. The molecule has 0 aliphatic carbocycles. The zero-order chi connectivity index (χ0) is 13.7. The van der Waals surface area contributed by atoms with Gasteiger partial charge in [0.05, 0.1) is 15.7 Å². The highest BCUT2D eigenvalue weighted by Gasteiger charge is 2.02. The van der Waals surface area contributed by atoms with E-state index in [0.717, 1.165) is 29.5 Å². The van der Waals surface area contributed by atoms with Crippen molar-refractivity contribution in [1.82, 2.24) is 0 Å². The molecule has 0 radical (unpaired) electrons. The van der Waals surface area contributed by atoms with Crippen molar-refractivity contribution in [2.45, 2.75) is 0 Å². The summed E-state index contributed by atoms with van der Waals surface area (Å²) in [6, 6.07) is 13.1. The van der Waals surface area contributed by atoms with E-state index < -0.39 is 0 Å². The molecule has 0 aliphatic heterocycles. The molecule has 0 heterocycles. The SMILES string of the molecule is Clc1cccc(NCCNc2cccc(Cl)c2Cl)c1. The minimum Gasteiger partial charge on any atom is -0.383 e. The van der Waals surface area contributed by atoms with Crippen molar-refractivity contribution in [3.63, 3.8) is 0 Å². The van der Waals surface area contributed by atoms with Crippen LogP contribution < -0.4 is 10.6 Å². The van der Waals surface area contributed by atoms with Crippen molar-refractivity contribution in [1.29, 1.82) is 0 Å². The first kappa shape index (κ1) is 14.3. The van der Waals surface area contributed by atoms with Crippen LogP contribution in [0.15, 0.2) is 42.5 Å². The molecule has 0 atom stereocenters. The van der Waals surface area contributed by atoms with E-state index in [1.165, 1.54) is 0 Å². The Morgan fingerprint density at radius 3 is 2.37 bits per heavy atom. The van der Waals surface area contributed by atoms with E-state index in [9.17, 15) is 0 Å². The number of benzene rings is 2. The van der Waals surface area contributed by atoms with Crippen LogP contribution in [0.5, 0.6) is 0 Å². The quantitative estimate of drug-likeness (QED) is 0.744. The lowest BCUT2D eigenvalue weighted by Crippen LogP contribution is -2.13. The molecular weight excluding hydrogens is 303 g/mol. The molecular formula is C14H13Cl3N2. The smallest absolute Gasteiger partial charge is 0.0823 e. The Labute approximate surface area is 127 Å². The van der Waals surface area contributed by atoms with Gasteiger partial charge in [-0.25, -0.2) is 0 Å². The van der Waals surface area contributed by atoms with Crippen molar-refractivity contribution in [3.05, 3.63) is 57.5 Å². The van der Waals surface area contributed by atoms with Gasteiger partial charge in [0.25, 0.3) is 0 Å². The van der Waals surface area contributed by atoms with Gasteiger partial charge >= 0.3 is 0 Å². The predicted octanol–water partition coefficient (Wildman–Crippen LogP) is 5.17. The van der Waals surface area contributed by atoms with Gasteiger partial charge in [0.2, 0.25) is 0 Å². The highest BCUT2D eigenvalue weighted by Crippen LogP contribution is 2.29. The lowest BCUT2D eigenvalue weighted by Gasteiger charge is -2.11. The standard InChI is InChI=1S/C14H13Cl3N2/c15-10-3-1-4-11(9-10)18-7-8-19-13-6-2-5-12(16)14(13)17/h1-6,9,18-19H,7-8H2. The highest BCUT2D eigenvalue weighted by molar-refractivity contribution is 6.43. The first-order valence-corrected chi connectivity index (χ1v) is 6.97. The van der Waals surface area contributed by atoms with Crippen molar-refractivity contribution >= 4 is 46.2 Å². The van der Waals surface area contributed by atoms with E-state index in [2.05, 4.69) is 10.6 Å². The van der Waals surface area contributed by atoms with Crippen LogP contribution in [0.25, 0.3) is 0 Å². The van der Waals surface area contributed by atoms with Crippen LogP contribution in [0.1, 0.15) is 0 Å². The molecule has 0 unspecified atom stereocenters. The molecule has 0 fully saturated rings. The van der Waals surface area contributed by atoms with Crippen molar-refractivity contribution in [3.8, 4) is 0 Å². The molecule has 2 aromatic carbocycles.